The van der Waals surface area contributed by atoms with Gasteiger partial charge in [0, 0.05) is 5.56 Å². The minimum atomic E-state index is -5.32. The Labute approximate surface area is 149 Å². The maximum Gasteiger partial charge on any atom is 0.461 e. The first-order valence-corrected chi connectivity index (χ1v) is 6.94. The number of aromatic amines is 1. The molecule has 0 aliphatic heterocycles. The van der Waals surface area contributed by atoms with Crippen LogP contribution in [-0.4, -0.2) is 17.5 Å². The Balaban J connectivity index is 2.59. The van der Waals surface area contributed by atoms with E-state index in [1.54, 1.807) is 0 Å². The van der Waals surface area contributed by atoms with Crippen LogP contribution in [0.2, 0.25) is 0 Å². The van der Waals surface area contributed by atoms with E-state index in [9.17, 15) is 43.9 Å². The highest BCUT2D eigenvalue weighted by molar-refractivity contribution is 5.76. The number of alkyl halides is 10. The van der Waals surface area contributed by atoms with Gasteiger partial charge < -0.3 is 9.72 Å². The highest BCUT2D eigenvalue weighted by Crippen LogP contribution is 2.44. The molecule has 0 spiro atoms. The van der Waals surface area contributed by atoms with Gasteiger partial charge in [0.2, 0.25) is 0 Å². The fourth-order valence-electron chi connectivity index (χ4n) is 2.22. The number of halogens is 10. The maximum absolute atomic E-state index is 13.1. The van der Waals surface area contributed by atoms with Crippen LogP contribution in [0.25, 0.3) is 11.1 Å². The maximum atomic E-state index is 13.1. The summed E-state index contributed by atoms with van der Waals surface area (Å²) in [6.07, 6.45) is -19.7. The van der Waals surface area contributed by atoms with Crippen LogP contribution in [-0.2, 0) is 12.4 Å². The number of nitrogens with zero attached hydrogens (tertiary/aromatic N) is 1. The van der Waals surface area contributed by atoms with Crippen molar-refractivity contribution in [3.05, 3.63) is 41.2 Å². The molecule has 0 unspecified atom stereocenters. The molecule has 2 rings (SSSR count). The zero-order chi connectivity index (χ0) is 21.5. The van der Waals surface area contributed by atoms with Crippen molar-refractivity contribution in [2.24, 2.45) is 0 Å². The molecule has 1 N–H and O–H groups in total. The van der Waals surface area contributed by atoms with Crippen molar-refractivity contribution in [2.45, 2.75) is 24.9 Å². The second-order valence-electron chi connectivity index (χ2n) is 5.22. The molecule has 28 heavy (non-hydrogen) atoms. The summed E-state index contributed by atoms with van der Waals surface area (Å²) in [7, 11) is 0. The summed E-state index contributed by atoms with van der Waals surface area (Å²) in [5.41, 5.74) is -6.98. The van der Waals surface area contributed by atoms with Crippen LogP contribution >= 0.6 is 0 Å². The molecule has 0 bridgehead atoms. The lowest BCUT2D eigenvalue weighted by Crippen LogP contribution is -2.33. The average Bonchev–Trinajstić information content (AvgIpc) is 2.95. The molecule has 0 saturated heterocycles. The van der Waals surface area contributed by atoms with Crippen molar-refractivity contribution in [2.75, 3.05) is 0 Å². The summed E-state index contributed by atoms with van der Waals surface area (Å²) < 4.78 is 132. The largest absolute Gasteiger partial charge is 0.461 e. The van der Waals surface area contributed by atoms with E-state index in [1.165, 1.54) is 0 Å². The molecule has 0 atom stereocenters. The van der Waals surface area contributed by atoms with Crippen LogP contribution in [0.5, 0.6) is 5.75 Å². The Morgan fingerprint density at radius 3 is 1.75 bits per heavy atom. The minimum Gasteiger partial charge on any atom is -0.428 e. The zero-order valence-corrected chi connectivity index (χ0v) is 13.0. The van der Waals surface area contributed by atoms with Gasteiger partial charge in [-0.05, 0) is 17.7 Å². The van der Waals surface area contributed by atoms with Crippen molar-refractivity contribution in [1.29, 1.82) is 5.26 Å². The summed E-state index contributed by atoms with van der Waals surface area (Å²) in [4.78, 5) is 1.12. The molecule has 0 aliphatic carbocycles. The van der Waals surface area contributed by atoms with Crippen LogP contribution in [0.1, 0.15) is 17.0 Å². The van der Waals surface area contributed by atoms with E-state index in [-0.39, 0.29) is 0 Å². The molecule has 152 valence electrons. The number of nitriles is 1. The lowest BCUT2D eigenvalue weighted by Gasteiger charge is -2.17. The van der Waals surface area contributed by atoms with E-state index >= 15 is 0 Å². The zero-order valence-electron chi connectivity index (χ0n) is 13.0. The van der Waals surface area contributed by atoms with Crippen LogP contribution in [0.3, 0.4) is 0 Å². The summed E-state index contributed by atoms with van der Waals surface area (Å²) >= 11 is 0. The van der Waals surface area contributed by atoms with E-state index < -0.39 is 58.7 Å². The molecule has 1 aromatic heterocycles. The number of H-pyrrole nitrogens is 1. The third-order valence-corrected chi connectivity index (χ3v) is 3.33. The van der Waals surface area contributed by atoms with E-state index in [1.807, 2.05) is 0 Å². The standard InChI is InChI=1S/C15H6F10N2O/c16-12(17)15(24,25)28-7-3-1-6(2-4-7)9-8(5-26)10(13(18,19)20)27-11(9)14(21,22)23/h1-4,12,27H. The molecule has 0 aliphatic rings. The van der Waals surface area contributed by atoms with Gasteiger partial charge in [0.1, 0.15) is 23.2 Å². The van der Waals surface area contributed by atoms with Crippen molar-refractivity contribution in [3.63, 3.8) is 0 Å². The van der Waals surface area contributed by atoms with Gasteiger partial charge in [-0.3, -0.25) is 0 Å². The second kappa shape index (κ2) is 6.92. The van der Waals surface area contributed by atoms with E-state index in [2.05, 4.69) is 4.74 Å². The number of ether oxygens (including phenoxy) is 1. The molecule has 2 aromatic rings. The van der Waals surface area contributed by atoms with Crippen LogP contribution in [0.4, 0.5) is 43.9 Å². The van der Waals surface area contributed by atoms with Gasteiger partial charge in [-0.2, -0.15) is 49.2 Å². The molecular weight excluding hydrogens is 414 g/mol. The number of aromatic nitrogens is 1. The van der Waals surface area contributed by atoms with Gasteiger partial charge in [0.25, 0.3) is 0 Å². The Morgan fingerprint density at radius 2 is 1.36 bits per heavy atom. The molecule has 13 heteroatoms. The summed E-state index contributed by atoms with van der Waals surface area (Å²) in [6.45, 7) is 0. The minimum absolute atomic E-state index is 0.549. The van der Waals surface area contributed by atoms with Gasteiger partial charge >= 0.3 is 24.9 Å². The molecule has 1 heterocycles. The van der Waals surface area contributed by atoms with Crippen molar-refractivity contribution < 1.29 is 48.6 Å². The quantitative estimate of drug-likeness (QED) is 0.633. The number of nitrogens with one attached hydrogen (secondary N) is 1. The fourth-order valence-corrected chi connectivity index (χ4v) is 2.22. The summed E-state index contributed by atoms with van der Waals surface area (Å²) in [6, 6.07) is 3.37. The second-order valence-corrected chi connectivity index (χ2v) is 5.22. The molecular formula is C15H6F10N2O. The normalized spacial score (nSPS) is 12.9. The first-order valence-electron chi connectivity index (χ1n) is 6.94. The first kappa shape index (κ1) is 21.4. The number of rotatable bonds is 4. The van der Waals surface area contributed by atoms with Crippen LogP contribution in [0.15, 0.2) is 24.3 Å². The Hall–Kier alpha value is -2.91. The monoisotopic (exact) mass is 420 g/mol. The molecule has 0 fully saturated rings. The molecule has 0 radical (unpaired) electrons. The topological polar surface area (TPSA) is 48.8 Å². The molecule has 0 amide bonds. The SMILES string of the molecule is N#Cc1c(C(F)(F)F)[nH]c(C(F)(F)F)c1-c1ccc(OC(F)(F)C(F)F)cc1. The first-order chi connectivity index (χ1) is 12.7. The third kappa shape index (κ3) is 4.15. The number of benzene rings is 1. The number of hydrogen-bond acceptors (Lipinski definition) is 2. The van der Waals surface area contributed by atoms with Crippen LogP contribution < -0.4 is 4.74 Å². The summed E-state index contributed by atoms with van der Waals surface area (Å²) in [5, 5.41) is 8.93. The average molecular weight is 420 g/mol. The van der Waals surface area contributed by atoms with Crippen LogP contribution in [0, 0.1) is 11.3 Å². The van der Waals surface area contributed by atoms with E-state index in [0.717, 1.165) is 11.1 Å². The smallest absolute Gasteiger partial charge is 0.428 e. The molecule has 3 nitrogen and oxygen atoms in total. The van der Waals surface area contributed by atoms with Crippen molar-refractivity contribution >= 4 is 0 Å². The predicted octanol–water partition coefficient (Wildman–Crippen LogP) is 5.83. The Bertz CT molecular complexity index is 888. The van der Waals surface area contributed by atoms with Crippen molar-refractivity contribution in [3.8, 4) is 22.9 Å². The van der Waals surface area contributed by atoms with Gasteiger partial charge in [0.15, 0.2) is 0 Å². The Kier molecular flexibility index (Phi) is 5.28. The van der Waals surface area contributed by atoms with Gasteiger partial charge in [-0.25, -0.2) is 0 Å². The molecule has 0 saturated carbocycles. The third-order valence-electron chi connectivity index (χ3n) is 3.33. The number of hydrogen-bond donors (Lipinski definition) is 1. The van der Waals surface area contributed by atoms with E-state index in [0.29, 0.717) is 24.3 Å². The fraction of sp³-hybridized carbons (Fsp3) is 0.267. The lowest BCUT2D eigenvalue weighted by molar-refractivity contribution is -0.253. The predicted molar refractivity (Wildman–Crippen MR) is 72.5 cm³/mol. The highest BCUT2D eigenvalue weighted by Gasteiger charge is 2.45. The van der Waals surface area contributed by atoms with Gasteiger partial charge in [0.05, 0.1) is 5.56 Å². The highest BCUT2D eigenvalue weighted by atomic mass is 19.4. The van der Waals surface area contributed by atoms with Gasteiger partial charge in [-0.15, -0.1) is 0 Å². The van der Waals surface area contributed by atoms with Gasteiger partial charge in [-0.1, -0.05) is 12.1 Å². The van der Waals surface area contributed by atoms with E-state index in [4.69, 9.17) is 5.26 Å². The molecule has 1 aromatic carbocycles. The summed E-state index contributed by atoms with van der Waals surface area (Å²) in [5.74, 6) is -0.882. The lowest BCUT2D eigenvalue weighted by atomic mass is 10.00. The van der Waals surface area contributed by atoms with Crippen molar-refractivity contribution in [1.82, 2.24) is 4.98 Å². The Morgan fingerprint density at radius 1 is 0.857 bits per heavy atom.